The molecule has 4 nitrogen and oxygen atoms in total. The number of Topliss-reactive ketones (excluding diaryl/α,β-unsaturated/α-hetero) is 1. The molecular formula is C15H15N3OS. The van der Waals surface area contributed by atoms with E-state index in [0.717, 1.165) is 16.4 Å². The van der Waals surface area contributed by atoms with Crippen LogP contribution >= 0.6 is 11.3 Å². The van der Waals surface area contributed by atoms with Gasteiger partial charge in [0.15, 0.2) is 5.78 Å². The molecule has 1 heterocycles. The molecule has 2 aromatic rings. The molecule has 20 heavy (non-hydrogen) atoms. The summed E-state index contributed by atoms with van der Waals surface area (Å²) in [5.41, 5.74) is 2.89. The molecule has 0 aliphatic heterocycles. The molecule has 0 fully saturated rings. The zero-order chi connectivity index (χ0) is 14.7. The quantitative estimate of drug-likeness (QED) is 0.810. The van der Waals surface area contributed by atoms with Crippen LogP contribution in [0.1, 0.15) is 33.5 Å². The van der Waals surface area contributed by atoms with Crippen LogP contribution in [0.4, 0.5) is 5.69 Å². The maximum absolute atomic E-state index is 11.5. The number of anilines is 1. The van der Waals surface area contributed by atoms with E-state index >= 15 is 0 Å². The van der Waals surface area contributed by atoms with E-state index in [1.807, 2.05) is 24.3 Å². The lowest BCUT2D eigenvalue weighted by Gasteiger charge is -2.20. The SMILES string of the molecule is CC(=O)c1ccc(C#N)c(N(C)Cc2csc(C)n2)c1. The van der Waals surface area contributed by atoms with Gasteiger partial charge in [-0.15, -0.1) is 11.3 Å². The Morgan fingerprint density at radius 3 is 2.80 bits per heavy atom. The monoisotopic (exact) mass is 285 g/mol. The van der Waals surface area contributed by atoms with E-state index in [-0.39, 0.29) is 5.78 Å². The Bertz CT molecular complexity index is 685. The number of rotatable bonds is 4. The van der Waals surface area contributed by atoms with Gasteiger partial charge in [-0.1, -0.05) is 0 Å². The van der Waals surface area contributed by atoms with E-state index < -0.39 is 0 Å². The van der Waals surface area contributed by atoms with E-state index in [2.05, 4.69) is 11.1 Å². The van der Waals surface area contributed by atoms with E-state index in [0.29, 0.717) is 17.7 Å². The first-order valence-corrected chi connectivity index (χ1v) is 7.06. The maximum Gasteiger partial charge on any atom is 0.159 e. The molecule has 2 rings (SSSR count). The Morgan fingerprint density at radius 2 is 2.25 bits per heavy atom. The molecule has 0 bridgehead atoms. The summed E-state index contributed by atoms with van der Waals surface area (Å²) in [6.07, 6.45) is 0. The lowest BCUT2D eigenvalue weighted by Crippen LogP contribution is -2.18. The van der Waals surface area contributed by atoms with Crippen LogP contribution in [0.3, 0.4) is 0 Å². The average Bonchev–Trinajstić information content (AvgIpc) is 2.83. The second-order valence-corrected chi connectivity index (χ2v) is 5.68. The number of carbonyl (C=O) groups excluding carboxylic acids is 1. The number of thiazole rings is 1. The number of nitrogens with zero attached hydrogens (tertiary/aromatic N) is 3. The first kappa shape index (κ1) is 14.2. The zero-order valence-corrected chi connectivity index (χ0v) is 12.5. The molecule has 1 aromatic carbocycles. The molecule has 0 unspecified atom stereocenters. The standard InChI is InChI=1S/C15H15N3OS/c1-10(19)12-4-5-13(7-16)15(6-12)18(3)8-14-9-20-11(2)17-14/h4-6,9H,8H2,1-3H3. The van der Waals surface area contributed by atoms with Gasteiger partial charge in [-0.2, -0.15) is 5.26 Å². The minimum absolute atomic E-state index is 0.00589. The second kappa shape index (κ2) is 5.85. The van der Waals surface area contributed by atoms with Gasteiger partial charge in [-0.25, -0.2) is 4.98 Å². The molecule has 0 atom stereocenters. The second-order valence-electron chi connectivity index (χ2n) is 4.61. The predicted octanol–water partition coefficient (Wildman–Crippen LogP) is 3.16. The molecule has 0 aliphatic rings. The third-order valence-electron chi connectivity index (χ3n) is 3.00. The molecule has 102 valence electrons. The van der Waals surface area contributed by atoms with Crippen molar-refractivity contribution >= 4 is 22.8 Å². The average molecular weight is 285 g/mol. The summed E-state index contributed by atoms with van der Waals surface area (Å²) in [4.78, 5) is 17.8. The maximum atomic E-state index is 11.5. The zero-order valence-electron chi connectivity index (χ0n) is 11.7. The predicted molar refractivity (Wildman–Crippen MR) is 80.1 cm³/mol. The van der Waals surface area contributed by atoms with E-state index in [1.165, 1.54) is 6.92 Å². The fraction of sp³-hybridized carbons (Fsp3) is 0.267. The first-order valence-electron chi connectivity index (χ1n) is 6.18. The smallest absolute Gasteiger partial charge is 0.159 e. The van der Waals surface area contributed by atoms with Gasteiger partial charge in [0, 0.05) is 18.0 Å². The van der Waals surface area contributed by atoms with Gasteiger partial charge >= 0.3 is 0 Å². The third kappa shape index (κ3) is 3.03. The van der Waals surface area contributed by atoms with Crippen molar-refractivity contribution in [3.05, 3.63) is 45.4 Å². The van der Waals surface area contributed by atoms with Gasteiger partial charge in [0.25, 0.3) is 0 Å². The van der Waals surface area contributed by atoms with Crippen molar-refractivity contribution in [2.75, 3.05) is 11.9 Å². The van der Waals surface area contributed by atoms with Crippen molar-refractivity contribution in [1.29, 1.82) is 5.26 Å². The van der Waals surface area contributed by atoms with Crippen molar-refractivity contribution in [3.8, 4) is 6.07 Å². The molecule has 0 radical (unpaired) electrons. The highest BCUT2D eigenvalue weighted by Gasteiger charge is 2.12. The molecule has 0 spiro atoms. The van der Waals surface area contributed by atoms with Gasteiger partial charge in [-0.05, 0) is 32.0 Å². The highest BCUT2D eigenvalue weighted by Crippen LogP contribution is 2.23. The molecule has 0 aliphatic carbocycles. The van der Waals surface area contributed by atoms with E-state index in [9.17, 15) is 10.1 Å². The highest BCUT2D eigenvalue weighted by molar-refractivity contribution is 7.09. The Labute approximate surface area is 122 Å². The number of carbonyl (C=O) groups is 1. The molecule has 5 heteroatoms. The minimum Gasteiger partial charge on any atom is -0.368 e. The summed E-state index contributed by atoms with van der Waals surface area (Å²) in [6.45, 7) is 4.10. The number of ketones is 1. The first-order chi connectivity index (χ1) is 9.51. The fourth-order valence-corrected chi connectivity index (χ4v) is 2.57. The molecule has 1 aromatic heterocycles. The molecular weight excluding hydrogens is 270 g/mol. The van der Waals surface area contributed by atoms with Gasteiger partial charge in [-0.3, -0.25) is 4.79 Å². The summed E-state index contributed by atoms with van der Waals surface area (Å²) in [7, 11) is 1.90. The normalized spacial score (nSPS) is 10.1. The van der Waals surface area contributed by atoms with E-state index in [4.69, 9.17) is 0 Å². The number of benzene rings is 1. The van der Waals surface area contributed by atoms with Gasteiger partial charge in [0.1, 0.15) is 6.07 Å². The number of hydrogen-bond acceptors (Lipinski definition) is 5. The van der Waals surface area contributed by atoms with Crippen molar-refractivity contribution in [2.24, 2.45) is 0 Å². The fourth-order valence-electron chi connectivity index (χ4n) is 1.97. The Kier molecular flexibility index (Phi) is 4.16. The number of aromatic nitrogens is 1. The summed E-state index contributed by atoms with van der Waals surface area (Å²) >= 11 is 1.60. The largest absolute Gasteiger partial charge is 0.368 e. The summed E-state index contributed by atoms with van der Waals surface area (Å²) in [6, 6.07) is 7.30. The summed E-state index contributed by atoms with van der Waals surface area (Å²) in [5.74, 6) is -0.00589. The summed E-state index contributed by atoms with van der Waals surface area (Å²) < 4.78 is 0. The van der Waals surface area contributed by atoms with Crippen LogP contribution in [0.2, 0.25) is 0 Å². The van der Waals surface area contributed by atoms with Crippen LogP contribution in [0.5, 0.6) is 0 Å². The van der Waals surface area contributed by atoms with Crippen LogP contribution in [0, 0.1) is 18.3 Å². The van der Waals surface area contributed by atoms with Crippen LogP contribution in [0.25, 0.3) is 0 Å². The third-order valence-corrected chi connectivity index (χ3v) is 3.82. The van der Waals surface area contributed by atoms with Gasteiger partial charge in [0.05, 0.1) is 28.5 Å². The Hall–Kier alpha value is -2.19. The van der Waals surface area contributed by atoms with Crippen molar-refractivity contribution in [2.45, 2.75) is 20.4 Å². The van der Waals surface area contributed by atoms with Crippen LogP contribution in [-0.2, 0) is 6.54 Å². The number of nitriles is 1. The lowest BCUT2D eigenvalue weighted by atomic mass is 10.1. The molecule has 0 saturated heterocycles. The Balaban J connectivity index is 2.32. The molecule has 0 saturated carbocycles. The van der Waals surface area contributed by atoms with Crippen molar-refractivity contribution in [3.63, 3.8) is 0 Å². The lowest BCUT2D eigenvalue weighted by molar-refractivity contribution is 0.101. The molecule has 0 amide bonds. The Morgan fingerprint density at radius 1 is 1.50 bits per heavy atom. The van der Waals surface area contributed by atoms with Crippen molar-refractivity contribution < 1.29 is 4.79 Å². The topological polar surface area (TPSA) is 57.0 Å². The van der Waals surface area contributed by atoms with Gasteiger partial charge < -0.3 is 4.90 Å². The molecule has 0 N–H and O–H groups in total. The highest BCUT2D eigenvalue weighted by atomic mass is 32.1. The van der Waals surface area contributed by atoms with Crippen molar-refractivity contribution in [1.82, 2.24) is 4.98 Å². The van der Waals surface area contributed by atoms with Crippen LogP contribution in [-0.4, -0.2) is 17.8 Å². The number of aryl methyl sites for hydroxylation is 1. The van der Waals surface area contributed by atoms with Crippen LogP contribution < -0.4 is 4.90 Å². The van der Waals surface area contributed by atoms with Crippen LogP contribution in [0.15, 0.2) is 23.6 Å². The van der Waals surface area contributed by atoms with E-state index in [1.54, 1.807) is 29.5 Å². The summed E-state index contributed by atoms with van der Waals surface area (Å²) in [5, 5.41) is 12.2. The van der Waals surface area contributed by atoms with Gasteiger partial charge in [0.2, 0.25) is 0 Å². The number of hydrogen-bond donors (Lipinski definition) is 0. The minimum atomic E-state index is -0.00589.